The van der Waals surface area contributed by atoms with Crippen LogP contribution < -0.4 is 10.9 Å². The number of benzene rings is 6. The van der Waals surface area contributed by atoms with Gasteiger partial charge in [0.2, 0.25) is 0 Å². The van der Waals surface area contributed by atoms with Crippen LogP contribution in [0.3, 0.4) is 0 Å². The largest absolute Gasteiger partial charge is 0.286 e. The third-order valence-corrected chi connectivity index (χ3v) is 7.96. The van der Waals surface area contributed by atoms with Crippen LogP contribution in [0.4, 0.5) is 11.4 Å². The summed E-state index contributed by atoms with van der Waals surface area (Å²) in [5, 5.41) is 0. The zero-order chi connectivity index (χ0) is 31.6. The van der Waals surface area contributed by atoms with Crippen LogP contribution in [0.1, 0.15) is 45.2 Å². The van der Waals surface area contributed by atoms with Gasteiger partial charge in [-0.3, -0.25) is 10.9 Å². The van der Waals surface area contributed by atoms with Crippen LogP contribution in [0.15, 0.2) is 180 Å². The molecule has 4 heteroatoms. The molecule has 0 aromatic heterocycles. The van der Waals surface area contributed by atoms with Gasteiger partial charge >= 0.3 is 0 Å². The molecule has 0 saturated carbocycles. The summed E-state index contributed by atoms with van der Waals surface area (Å²) in [6.07, 6.45) is 0. The Morgan fingerprint density at radius 2 is 0.630 bits per heavy atom. The molecule has 6 aromatic rings. The van der Waals surface area contributed by atoms with Gasteiger partial charge in [-0.1, -0.05) is 157 Å². The van der Waals surface area contributed by atoms with Gasteiger partial charge in [-0.05, 0) is 60.4 Å². The highest BCUT2D eigenvalue weighted by atomic mass is 15.4. The maximum Gasteiger partial charge on any atom is 0.133 e. The van der Waals surface area contributed by atoms with Crippen molar-refractivity contribution in [2.45, 2.75) is 25.7 Å². The van der Waals surface area contributed by atoms with Crippen LogP contribution in [0.5, 0.6) is 0 Å². The molecule has 0 heterocycles. The third-order valence-electron chi connectivity index (χ3n) is 7.96. The van der Waals surface area contributed by atoms with Gasteiger partial charge in [-0.15, -0.1) is 0 Å². The lowest BCUT2D eigenvalue weighted by Gasteiger charge is -2.26. The van der Waals surface area contributed by atoms with E-state index in [1.807, 2.05) is 24.3 Å². The second kappa shape index (κ2) is 14.8. The van der Waals surface area contributed by atoms with Crippen molar-refractivity contribution in [3.8, 4) is 0 Å². The molecule has 0 atom stereocenters. The Morgan fingerprint density at radius 1 is 0.370 bits per heavy atom. The Kier molecular flexibility index (Phi) is 9.76. The minimum absolute atomic E-state index is 0.163. The van der Waals surface area contributed by atoms with Crippen LogP contribution in [0.25, 0.3) is 0 Å². The van der Waals surface area contributed by atoms with Crippen molar-refractivity contribution < 1.29 is 0 Å². The molecule has 2 N–H and O–H groups in total. The molecule has 0 aliphatic heterocycles. The SMILES string of the molecule is Cc1ccc(N=C(NNC(=Nc2ccc(C)cc2)C(c2ccccc2)c2ccccc2)C(c2ccccc2)c2ccccc2)cc1. The average Bonchev–Trinajstić information content (AvgIpc) is 3.11. The van der Waals surface area contributed by atoms with E-state index >= 15 is 0 Å². The molecule has 0 unspecified atom stereocenters. The van der Waals surface area contributed by atoms with Gasteiger partial charge in [-0.2, -0.15) is 0 Å². The summed E-state index contributed by atoms with van der Waals surface area (Å²) in [5.41, 5.74) is 15.8. The first-order valence-electron chi connectivity index (χ1n) is 15.7. The lowest BCUT2D eigenvalue weighted by molar-refractivity contribution is 0.794. The first-order chi connectivity index (χ1) is 22.6. The van der Waals surface area contributed by atoms with E-state index in [1.54, 1.807) is 0 Å². The standard InChI is InChI=1S/C42H38N4/c1-31-23-27-37(28-24-31)43-41(39(33-15-7-3-8-16-33)34-17-9-4-10-18-34)45-46-42(44-38-29-25-32(2)26-30-38)40(35-19-11-5-12-20-35)36-21-13-6-14-22-36/h3-30,39-40H,1-2H3,(H,43,45)(H,44,46). The van der Waals surface area contributed by atoms with Crippen molar-refractivity contribution in [2.75, 3.05) is 0 Å². The molecular formula is C42H38N4. The number of nitrogens with zero attached hydrogens (tertiary/aromatic N) is 2. The highest BCUT2D eigenvalue weighted by Gasteiger charge is 2.25. The van der Waals surface area contributed by atoms with Gasteiger partial charge < -0.3 is 0 Å². The number of hydrogen-bond acceptors (Lipinski definition) is 2. The molecule has 0 saturated heterocycles. The molecule has 6 rings (SSSR count). The normalized spacial score (nSPS) is 11.9. The third kappa shape index (κ3) is 7.66. The molecule has 0 radical (unpaired) electrons. The number of rotatable bonds is 8. The zero-order valence-electron chi connectivity index (χ0n) is 26.2. The number of aryl methyl sites for hydroxylation is 2. The quantitative estimate of drug-likeness (QED) is 0.104. The minimum atomic E-state index is -0.163. The molecule has 226 valence electrons. The number of amidine groups is 2. The summed E-state index contributed by atoms with van der Waals surface area (Å²) in [5.74, 6) is 1.20. The van der Waals surface area contributed by atoms with E-state index in [9.17, 15) is 0 Å². The second-order valence-electron chi connectivity index (χ2n) is 11.4. The van der Waals surface area contributed by atoms with E-state index < -0.39 is 0 Å². The van der Waals surface area contributed by atoms with Crippen molar-refractivity contribution in [3.63, 3.8) is 0 Å². The van der Waals surface area contributed by atoms with Crippen molar-refractivity contribution in [1.82, 2.24) is 10.9 Å². The lowest BCUT2D eigenvalue weighted by atomic mass is 9.89. The Morgan fingerprint density at radius 3 is 0.891 bits per heavy atom. The van der Waals surface area contributed by atoms with Gasteiger partial charge in [-0.25, -0.2) is 9.98 Å². The summed E-state index contributed by atoms with van der Waals surface area (Å²) in [6.45, 7) is 4.18. The molecule has 0 aliphatic rings. The molecular weight excluding hydrogens is 560 g/mol. The fraction of sp³-hybridized carbons (Fsp3) is 0.0952. The van der Waals surface area contributed by atoms with E-state index in [4.69, 9.17) is 9.98 Å². The van der Waals surface area contributed by atoms with Crippen LogP contribution in [-0.2, 0) is 0 Å². The highest BCUT2D eigenvalue weighted by Crippen LogP contribution is 2.30. The van der Waals surface area contributed by atoms with Gasteiger partial charge in [0.1, 0.15) is 11.7 Å². The van der Waals surface area contributed by atoms with E-state index in [0.29, 0.717) is 0 Å². The first kappa shape index (κ1) is 30.3. The highest BCUT2D eigenvalue weighted by molar-refractivity contribution is 5.99. The maximum absolute atomic E-state index is 5.24. The van der Waals surface area contributed by atoms with Gasteiger partial charge in [0.05, 0.1) is 23.2 Å². The van der Waals surface area contributed by atoms with E-state index in [0.717, 1.165) is 45.3 Å². The molecule has 4 nitrogen and oxygen atoms in total. The smallest absolute Gasteiger partial charge is 0.133 e. The Labute approximate surface area is 272 Å². The number of hydrogen-bond donors (Lipinski definition) is 2. The molecule has 0 fully saturated rings. The molecule has 0 spiro atoms. The summed E-state index contributed by atoms with van der Waals surface area (Å²) in [6, 6.07) is 58.6. The van der Waals surface area contributed by atoms with Gasteiger partial charge in [0.25, 0.3) is 0 Å². The van der Waals surface area contributed by atoms with Gasteiger partial charge in [0.15, 0.2) is 0 Å². The average molecular weight is 599 g/mol. The Bertz CT molecular complexity index is 1640. The summed E-state index contributed by atoms with van der Waals surface area (Å²) in [7, 11) is 0. The maximum atomic E-state index is 5.24. The van der Waals surface area contributed by atoms with E-state index in [-0.39, 0.29) is 11.8 Å². The van der Waals surface area contributed by atoms with Crippen LogP contribution in [-0.4, -0.2) is 11.7 Å². The monoisotopic (exact) mass is 598 g/mol. The Hall–Kier alpha value is -5.74. The molecule has 0 bridgehead atoms. The van der Waals surface area contributed by atoms with E-state index in [2.05, 4.69) is 170 Å². The summed E-state index contributed by atoms with van der Waals surface area (Å²) >= 11 is 0. The zero-order valence-corrected chi connectivity index (χ0v) is 26.2. The number of hydrazine groups is 1. The summed E-state index contributed by atoms with van der Waals surface area (Å²) < 4.78 is 0. The van der Waals surface area contributed by atoms with E-state index in [1.165, 1.54) is 11.1 Å². The van der Waals surface area contributed by atoms with Crippen LogP contribution in [0, 0.1) is 13.8 Å². The van der Waals surface area contributed by atoms with Crippen molar-refractivity contribution in [3.05, 3.63) is 203 Å². The minimum Gasteiger partial charge on any atom is -0.286 e. The molecule has 6 aromatic carbocycles. The number of aliphatic imine (C=N–C) groups is 2. The lowest BCUT2D eigenvalue weighted by Crippen LogP contribution is -2.46. The van der Waals surface area contributed by atoms with Crippen LogP contribution >= 0.6 is 0 Å². The first-order valence-corrected chi connectivity index (χ1v) is 15.7. The fourth-order valence-electron chi connectivity index (χ4n) is 5.57. The van der Waals surface area contributed by atoms with Gasteiger partial charge in [0, 0.05) is 0 Å². The predicted octanol–water partition coefficient (Wildman–Crippen LogP) is 9.82. The molecule has 0 aliphatic carbocycles. The van der Waals surface area contributed by atoms with Crippen molar-refractivity contribution in [2.24, 2.45) is 9.98 Å². The predicted molar refractivity (Wildman–Crippen MR) is 192 cm³/mol. The second-order valence-corrected chi connectivity index (χ2v) is 11.4. The molecule has 46 heavy (non-hydrogen) atoms. The van der Waals surface area contributed by atoms with Crippen LogP contribution in [0.2, 0.25) is 0 Å². The summed E-state index contributed by atoms with van der Waals surface area (Å²) in [4.78, 5) is 10.5. The van der Waals surface area contributed by atoms with Crippen molar-refractivity contribution in [1.29, 1.82) is 0 Å². The van der Waals surface area contributed by atoms with Crippen molar-refractivity contribution >= 4 is 23.0 Å². The fourth-order valence-corrected chi connectivity index (χ4v) is 5.57. The molecule has 0 amide bonds. The topological polar surface area (TPSA) is 48.8 Å². The number of nitrogens with one attached hydrogen (secondary N) is 2. The Balaban J connectivity index is 1.48.